The predicted molar refractivity (Wildman–Crippen MR) is 120 cm³/mol. The molecule has 7 heteroatoms. The number of aromatic hydroxyl groups is 1. The first kappa shape index (κ1) is 21.4. The number of carbonyl (C=O) groups is 2. The molecule has 2 aliphatic rings. The predicted octanol–water partition coefficient (Wildman–Crippen LogP) is 5.76. The van der Waals surface area contributed by atoms with Crippen LogP contribution in [0.2, 0.25) is 5.02 Å². The van der Waals surface area contributed by atoms with Gasteiger partial charge in [0.25, 0.3) is 5.91 Å². The lowest BCUT2D eigenvalue weighted by Gasteiger charge is -2.13. The number of rotatable bonds is 8. The van der Waals surface area contributed by atoms with Gasteiger partial charge in [-0.15, -0.1) is 0 Å². The molecule has 2 aliphatic heterocycles. The van der Waals surface area contributed by atoms with Crippen LogP contribution in [-0.2, 0) is 9.53 Å². The monoisotopic (exact) mass is 440 g/mol. The van der Waals surface area contributed by atoms with Crippen LogP contribution >= 0.6 is 11.6 Å². The van der Waals surface area contributed by atoms with Gasteiger partial charge in [0.2, 0.25) is 0 Å². The second kappa shape index (κ2) is 9.10. The van der Waals surface area contributed by atoms with Crippen LogP contribution in [0, 0.1) is 0 Å². The van der Waals surface area contributed by atoms with Gasteiger partial charge in [-0.1, -0.05) is 50.3 Å². The number of hydrogen-bond acceptors (Lipinski definition) is 5. The SMILES string of the molecule is CCCCCCCC1OC(=O)c2cc(N3N=C(c4cc(Cl)ccc4O)CC3=O)ccc21. The van der Waals surface area contributed by atoms with Gasteiger partial charge in [-0.25, -0.2) is 9.80 Å². The molecule has 1 amide bonds. The Hall–Kier alpha value is -2.86. The fourth-order valence-corrected chi connectivity index (χ4v) is 4.23. The number of amides is 1. The molecule has 0 fully saturated rings. The number of fused-ring (bicyclic) bond motifs is 1. The molecule has 31 heavy (non-hydrogen) atoms. The van der Waals surface area contributed by atoms with Crippen molar-refractivity contribution in [1.29, 1.82) is 0 Å². The Bertz CT molecular complexity index is 1050. The van der Waals surface area contributed by atoms with Crippen LogP contribution in [0.5, 0.6) is 5.75 Å². The molecular weight excluding hydrogens is 416 g/mol. The van der Waals surface area contributed by atoms with E-state index < -0.39 is 0 Å². The van der Waals surface area contributed by atoms with E-state index in [-0.39, 0.29) is 30.2 Å². The molecule has 1 N–H and O–H groups in total. The number of phenolic OH excluding ortho intramolecular Hbond substituents is 1. The number of halogens is 1. The Morgan fingerprint density at radius 2 is 1.90 bits per heavy atom. The normalized spacial score (nSPS) is 17.7. The van der Waals surface area contributed by atoms with Crippen molar-refractivity contribution in [2.24, 2.45) is 5.10 Å². The van der Waals surface area contributed by atoms with Gasteiger partial charge in [0.05, 0.1) is 23.4 Å². The third kappa shape index (κ3) is 4.44. The number of phenols is 1. The molecule has 2 heterocycles. The second-order valence-electron chi connectivity index (χ2n) is 7.96. The van der Waals surface area contributed by atoms with Gasteiger partial charge in [-0.05, 0) is 43.2 Å². The highest BCUT2D eigenvalue weighted by Crippen LogP contribution is 2.37. The van der Waals surface area contributed by atoms with Crippen LogP contribution in [0.3, 0.4) is 0 Å². The summed E-state index contributed by atoms with van der Waals surface area (Å²) in [5, 5.41) is 16.2. The molecule has 0 saturated heterocycles. The molecule has 2 aromatic carbocycles. The molecule has 0 aromatic heterocycles. The summed E-state index contributed by atoms with van der Waals surface area (Å²) < 4.78 is 5.58. The molecule has 6 nitrogen and oxygen atoms in total. The lowest BCUT2D eigenvalue weighted by molar-refractivity contribution is -0.116. The van der Waals surface area contributed by atoms with Crippen molar-refractivity contribution in [3.8, 4) is 5.75 Å². The maximum Gasteiger partial charge on any atom is 0.339 e. The molecule has 1 atom stereocenters. The minimum Gasteiger partial charge on any atom is -0.507 e. The van der Waals surface area contributed by atoms with Gasteiger partial charge in [0.15, 0.2) is 0 Å². The smallest absolute Gasteiger partial charge is 0.339 e. The standard InChI is InChI=1S/C24H25ClN2O4/c1-2-3-4-5-6-7-22-17-10-9-16(13-18(17)24(30)31-22)27-23(29)14-20(26-27)19-12-15(25)8-11-21(19)28/h8-13,22,28H,2-7,14H2,1H3. The number of carbonyl (C=O) groups excluding carboxylic acids is 2. The Balaban J connectivity index is 1.53. The molecular formula is C24H25ClN2O4. The highest BCUT2D eigenvalue weighted by molar-refractivity contribution is 6.31. The van der Waals surface area contributed by atoms with Crippen molar-refractivity contribution < 1.29 is 19.4 Å². The van der Waals surface area contributed by atoms with Crippen molar-refractivity contribution >= 4 is 34.9 Å². The van der Waals surface area contributed by atoms with E-state index in [0.29, 0.717) is 27.5 Å². The van der Waals surface area contributed by atoms with Crippen LogP contribution in [0.4, 0.5) is 5.69 Å². The minimum atomic E-state index is -0.362. The molecule has 2 aromatic rings. The summed E-state index contributed by atoms with van der Waals surface area (Å²) in [5.74, 6) is -0.594. The molecule has 0 radical (unpaired) electrons. The molecule has 0 bridgehead atoms. The Kier molecular flexibility index (Phi) is 6.28. The van der Waals surface area contributed by atoms with E-state index in [0.717, 1.165) is 24.8 Å². The summed E-state index contributed by atoms with van der Waals surface area (Å²) in [7, 11) is 0. The van der Waals surface area contributed by atoms with Crippen LogP contribution in [-0.4, -0.2) is 22.7 Å². The zero-order chi connectivity index (χ0) is 22.0. The van der Waals surface area contributed by atoms with Gasteiger partial charge < -0.3 is 9.84 Å². The second-order valence-corrected chi connectivity index (χ2v) is 8.40. The van der Waals surface area contributed by atoms with Gasteiger partial charge >= 0.3 is 5.97 Å². The Morgan fingerprint density at radius 1 is 1.10 bits per heavy atom. The summed E-state index contributed by atoms with van der Waals surface area (Å²) >= 11 is 6.02. The number of hydrazone groups is 1. The summed E-state index contributed by atoms with van der Waals surface area (Å²) in [5.41, 5.74) is 2.71. The summed E-state index contributed by atoms with van der Waals surface area (Å²) in [4.78, 5) is 25.0. The van der Waals surface area contributed by atoms with E-state index in [1.165, 1.54) is 30.3 Å². The molecule has 0 spiro atoms. The quantitative estimate of drug-likeness (QED) is 0.418. The van der Waals surface area contributed by atoms with Crippen molar-refractivity contribution in [2.45, 2.75) is 58.0 Å². The zero-order valence-corrected chi connectivity index (χ0v) is 18.2. The zero-order valence-electron chi connectivity index (χ0n) is 17.4. The average molecular weight is 441 g/mol. The van der Waals surface area contributed by atoms with Gasteiger partial charge in [-0.2, -0.15) is 5.10 Å². The molecule has 1 unspecified atom stereocenters. The molecule has 0 aliphatic carbocycles. The number of unbranched alkanes of at least 4 members (excludes halogenated alkanes) is 4. The van der Waals surface area contributed by atoms with Gasteiger partial charge in [-0.3, -0.25) is 4.79 Å². The maximum absolute atomic E-state index is 12.6. The number of benzene rings is 2. The lowest BCUT2D eigenvalue weighted by atomic mass is 9.99. The van der Waals surface area contributed by atoms with Crippen LogP contribution in [0.1, 0.15) is 79.5 Å². The van der Waals surface area contributed by atoms with Crippen molar-refractivity contribution in [2.75, 3.05) is 5.01 Å². The van der Waals surface area contributed by atoms with E-state index in [1.54, 1.807) is 24.3 Å². The number of hydrogen-bond donors (Lipinski definition) is 1. The third-order valence-electron chi connectivity index (χ3n) is 5.71. The van der Waals surface area contributed by atoms with Crippen LogP contribution in [0.15, 0.2) is 41.5 Å². The maximum atomic E-state index is 12.6. The molecule has 4 rings (SSSR count). The highest BCUT2D eigenvalue weighted by Gasteiger charge is 2.33. The van der Waals surface area contributed by atoms with E-state index >= 15 is 0 Å². The van der Waals surface area contributed by atoms with Crippen molar-refractivity contribution in [3.63, 3.8) is 0 Å². The van der Waals surface area contributed by atoms with E-state index in [9.17, 15) is 14.7 Å². The lowest BCUT2D eigenvalue weighted by Crippen LogP contribution is -2.19. The summed E-state index contributed by atoms with van der Waals surface area (Å²) in [6, 6.07) is 9.93. The number of cyclic esters (lactones) is 1. The van der Waals surface area contributed by atoms with Crippen LogP contribution < -0.4 is 5.01 Å². The summed E-state index contributed by atoms with van der Waals surface area (Å²) in [6.07, 6.45) is 6.38. The first-order valence-corrected chi connectivity index (χ1v) is 11.1. The molecule has 0 saturated carbocycles. The Labute approximate surface area is 186 Å². The van der Waals surface area contributed by atoms with E-state index in [2.05, 4.69) is 12.0 Å². The van der Waals surface area contributed by atoms with E-state index in [4.69, 9.17) is 16.3 Å². The molecule has 162 valence electrons. The van der Waals surface area contributed by atoms with Gasteiger partial charge in [0.1, 0.15) is 11.9 Å². The first-order valence-electron chi connectivity index (χ1n) is 10.7. The van der Waals surface area contributed by atoms with E-state index in [1.807, 2.05) is 6.07 Å². The average Bonchev–Trinajstić information content (AvgIpc) is 3.29. The fraction of sp³-hybridized carbons (Fsp3) is 0.375. The Morgan fingerprint density at radius 3 is 2.71 bits per heavy atom. The fourth-order valence-electron chi connectivity index (χ4n) is 4.06. The highest BCUT2D eigenvalue weighted by atomic mass is 35.5. The van der Waals surface area contributed by atoms with Crippen molar-refractivity contribution in [1.82, 2.24) is 0 Å². The largest absolute Gasteiger partial charge is 0.507 e. The number of nitrogens with zero attached hydrogens (tertiary/aromatic N) is 2. The summed E-state index contributed by atoms with van der Waals surface area (Å²) in [6.45, 7) is 2.18. The van der Waals surface area contributed by atoms with Gasteiger partial charge in [0, 0.05) is 16.1 Å². The number of ether oxygens (including phenoxy) is 1. The minimum absolute atomic E-state index is 0.0112. The third-order valence-corrected chi connectivity index (χ3v) is 5.95. The van der Waals surface area contributed by atoms with Crippen molar-refractivity contribution in [3.05, 3.63) is 58.1 Å². The number of esters is 1. The number of anilines is 1. The van der Waals surface area contributed by atoms with Crippen LogP contribution in [0.25, 0.3) is 0 Å². The first-order chi connectivity index (χ1) is 15.0. The topological polar surface area (TPSA) is 79.2 Å².